The lowest BCUT2D eigenvalue weighted by atomic mass is 10.4. The third-order valence-corrected chi connectivity index (χ3v) is 1.95. The van der Waals surface area contributed by atoms with Crippen molar-refractivity contribution < 1.29 is 13.2 Å². The molecule has 0 aliphatic heterocycles. The third-order valence-electron chi connectivity index (χ3n) is 0.983. The van der Waals surface area contributed by atoms with Gasteiger partial charge in [-0.05, 0) is 34.2 Å². The standard InChI is InChI=1S/C5HClF3IN2/c6-4-11-1-2(10)3(12-4)5(7,8)9/h1H. The summed E-state index contributed by atoms with van der Waals surface area (Å²) in [6.07, 6.45) is -3.44. The van der Waals surface area contributed by atoms with Crippen LogP contribution < -0.4 is 0 Å². The number of hydrogen-bond donors (Lipinski definition) is 0. The lowest BCUT2D eigenvalue weighted by Crippen LogP contribution is -2.11. The van der Waals surface area contributed by atoms with E-state index in [9.17, 15) is 13.2 Å². The maximum Gasteiger partial charge on any atom is 0.434 e. The highest BCUT2D eigenvalue weighted by Gasteiger charge is 2.35. The molecule has 0 atom stereocenters. The van der Waals surface area contributed by atoms with Crippen molar-refractivity contribution >= 4 is 34.2 Å². The normalized spacial score (nSPS) is 11.8. The third kappa shape index (κ3) is 2.19. The predicted molar refractivity (Wildman–Crippen MR) is 44.8 cm³/mol. The molecule has 1 heterocycles. The van der Waals surface area contributed by atoms with Gasteiger partial charge in [0, 0.05) is 6.20 Å². The van der Waals surface area contributed by atoms with Crippen molar-refractivity contribution in [2.75, 3.05) is 0 Å². The molecule has 0 aliphatic rings. The van der Waals surface area contributed by atoms with Gasteiger partial charge < -0.3 is 0 Å². The summed E-state index contributed by atoms with van der Waals surface area (Å²) in [5.41, 5.74) is -0.997. The highest BCUT2D eigenvalue weighted by atomic mass is 127. The Hall–Kier alpha value is -0.110. The summed E-state index contributed by atoms with van der Waals surface area (Å²) in [6, 6.07) is 0. The largest absolute Gasteiger partial charge is 0.434 e. The molecule has 0 radical (unpaired) electrons. The molecule has 2 nitrogen and oxygen atoms in total. The molecule has 0 N–H and O–H groups in total. The first-order chi connectivity index (χ1) is 5.41. The van der Waals surface area contributed by atoms with E-state index in [1.165, 1.54) is 22.6 Å². The molecule has 0 aliphatic carbocycles. The molecular formula is C5HClF3IN2. The Balaban J connectivity index is 3.23. The fraction of sp³-hybridized carbons (Fsp3) is 0.200. The van der Waals surface area contributed by atoms with Gasteiger partial charge in [0.1, 0.15) is 0 Å². The molecule has 7 heteroatoms. The smallest absolute Gasteiger partial charge is 0.225 e. The highest BCUT2D eigenvalue weighted by Crippen LogP contribution is 2.31. The summed E-state index contributed by atoms with van der Waals surface area (Å²) in [4.78, 5) is 6.47. The number of hydrogen-bond acceptors (Lipinski definition) is 2. The van der Waals surface area contributed by atoms with E-state index in [1.807, 2.05) is 0 Å². The van der Waals surface area contributed by atoms with Crippen LogP contribution >= 0.6 is 34.2 Å². The Morgan fingerprint density at radius 1 is 1.42 bits per heavy atom. The Bertz CT molecular complexity index is 301. The van der Waals surface area contributed by atoms with Crippen LogP contribution in [0, 0.1) is 3.57 Å². The van der Waals surface area contributed by atoms with Gasteiger partial charge in [-0.1, -0.05) is 0 Å². The van der Waals surface area contributed by atoms with Gasteiger partial charge in [-0.25, -0.2) is 9.97 Å². The maximum absolute atomic E-state index is 12.1. The van der Waals surface area contributed by atoms with Crippen LogP contribution in [0.2, 0.25) is 5.28 Å². The van der Waals surface area contributed by atoms with Gasteiger partial charge in [-0.2, -0.15) is 13.2 Å². The van der Waals surface area contributed by atoms with E-state index in [0.717, 1.165) is 6.20 Å². The molecule has 1 rings (SSSR count). The molecule has 0 amide bonds. The Labute approximate surface area is 84.3 Å². The monoisotopic (exact) mass is 308 g/mol. The molecule has 0 saturated carbocycles. The van der Waals surface area contributed by atoms with Crippen molar-refractivity contribution in [2.24, 2.45) is 0 Å². The summed E-state index contributed by atoms with van der Waals surface area (Å²) in [5.74, 6) is 0. The van der Waals surface area contributed by atoms with Crippen LogP contribution in [-0.2, 0) is 6.18 Å². The zero-order valence-electron chi connectivity index (χ0n) is 5.36. The molecule has 1 aromatic heterocycles. The molecule has 0 spiro atoms. The average molecular weight is 308 g/mol. The van der Waals surface area contributed by atoms with Crippen molar-refractivity contribution in [3.05, 3.63) is 20.7 Å². The number of aromatic nitrogens is 2. The van der Waals surface area contributed by atoms with E-state index in [1.54, 1.807) is 0 Å². The van der Waals surface area contributed by atoms with Crippen LogP contribution in [0.1, 0.15) is 5.69 Å². The first kappa shape index (κ1) is 9.97. The molecule has 0 aromatic carbocycles. The van der Waals surface area contributed by atoms with Crippen molar-refractivity contribution in [1.29, 1.82) is 0 Å². The van der Waals surface area contributed by atoms with Crippen LogP contribution in [-0.4, -0.2) is 9.97 Å². The minimum absolute atomic E-state index is 0.0653. The molecule has 0 bridgehead atoms. The fourth-order valence-electron chi connectivity index (χ4n) is 0.544. The highest BCUT2D eigenvalue weighted by molar-refractivity contribution is 14.1. The van der Waals surface area contributed by atoms with Gasteiger partial charge >= 0.3 is 6.18 Å². The lowest BCUT2D eigenvalue weighted by Gasteiger charge is -2.06. The Kier molecular flexibility index (Phi) is 2.77. The van der Waals surface area contributed by atoms with Gasteiger partial charge in [-0.15, -0.1) is 0 Å². The van der Waals surface area contributed by atoms with E-state index >= 15 is 0 Å². The van der Waals surface area contributed by atoms with Gasteiger partial charge in [-0.3, -0.25) is 0 Å². The first-order valence-electron chi connectivity index (χ1n) is 2.66. The van der Waals surface area contributed by atoms with E-state index in [-0.39, 0.29) is 3.57 Å². The van der Waals surface area contributed by atoms with Gasteiger partial charge in [0.25, 0.3) is 0 Å². The summed E-state index contributed by atoms with van der Waals surface area (Å²) >= 11 is 6.70. The number of halogens is 5. The second-order valence-corrected chi connectivity index (χ2v) is 3.33. The predicted octanol–water partition coefficient (Wildman–Crippen LogP) is 2.75. The molecule has 0 unspecified atom stereocenters. The molecule has 0 saturated heterocycles. The SMILES string of the molecule is FC(F)(F)c1nc(Cl)ncc1I. The van der Waals surface area contributed by atoms with E-state index in [0.29, 0.717) is 0 Å². The Morgan fingerprint density at radius 2 is 2.00 bits per heavy atom. The maximum atomic E-state index is 12.1. The molecule has 0 fully saturated rings. The van der Waals surface area contributed by atoms with Crippen molar-refractivity contribution in [2.45, 2.75) is 6.18 Å². The minimum Gasteiger partial charge on any atom is -0.225 e. The zero-order valence-corrected chi connectivity index (χ0v) is 8.28. The van der Waals surface area contributed by atoms with Gasteiger partial charge in [0.2, 0.25) is 5.28 Å². The fourth-order valence-corrected chi connectivity index (χ4v) is 1.24. The van der Waals surface area contributed by atoms with Gasteiger partial charge in [0.15, 0.2) is 5.69 Å². The minimum atomic E-state index is -4.47. The molecule has 1 aromatic rings. The van der Waals surface area contributed by atoms with Crippen LogP contribution in [0.3, 0.4) is 0 Å². The first-order valence-corrected chi connectivity index (χ1v) is 4.12. The van der Waals surface area contributed by atoms with Crippen LogP contribution in [0.5, 0.6) is 0 Å². The summed E-state index contributed by atoms with van der Waals surface area (Å²) in [5, 5.41) is -0.400. The second-order valence-electron chi connectivity index (χ2n) is 1.83. The number of rotatable bonds is 0. The van der Waals surface area contributed by atoms with E-state index < -0.39 is 17.2 Å². The van der Waals surface area contributed by atoms with E-state index in [2.05, 4.69) is 9.97 Å². The number of alkyl halides is 3. The van der Waals surface area contributed by atoms with Crippen molar-refractivity contribution in [1.82, 2.24) is 9.97 Å². The number of nitrogens with zero attached hydrogens (tertiary/aromatic N) is 2. The molecule has 12 heavy (non-hydrogen) atoms. The summed E-state index contributed by atoms with van der Waals surface area (Å²) < 4.78 is 36.2. The van der Waals surface area contributed by atoms with Gasteiger partial charge in [0.05, 0.1) is 3.57 Å². The summed E-state index contributed by atoms with van der Waals surface area (Å²) in [7, 11) is 0. The quantitative estimate of drug-likeness (QED) is 0.544. The average Bonchev–Trinajstić information content (AvgIpc) is 1.92. The summed E-state index contributed by atoms with van der Waals surface area (Å²) in [6.45, 7) is 0. The van der Waals surface area contributed by atoms with Crippen molar-refractivity contribution in [3.8, 4) is 0 Å². The second kappa shape index (κ2) is 3.33. The van der Waals surface area contributed by atoms with Crippen LogP contribution in [0.25, 0.3) is 0 Å². The molecule has 66 valence electrons. The molecular weight excluding hydrogens is 307 g/mol. The van der Waals surface area contributed by atoms with Crippen molar-refractivity contribution in [3.63, 3.8) is 0 Å². The van der Waals surface area contributed by atoms with Crippen LogP contribution in [0.4, 0.5) is 13.2 Å². The van der Waals surface area contributed by atoms with Crippen LogP contribution in [0.15, 0.2) is 6.20 Å². The topological polar surface area (TPSA) is 25.8 Å². The lowest BCUT2D eigenvalue weighted by molar-refractivity contribution is -0.142. The zero-order chi connectivity index (χ0) is 9.35. The Morgan fingerprint density at radius 3 is 2.42 bits per heavy atom. The van der Waals surface area contributed by atoms with E-state index in [4.69, 9.17) is 11.6 Å².